The molecule has 0 radical (unpaired) electrons. The number of halogens is 1. The number of ether oxygens (including phenoxy) is 2. The molecule has 4 nitrogen and oxygen atoms in total. The quantitative estimate of drug-likeness (QED) is 0.632. The highest BCUT2D eigenvalue weighted by Crippen LogP contribution is 2.17. The van der Waals surface area contributed by atoms with E-state index in [2.05, 4.69) is 20.7 Å². The Balaban J connectivity index is 2.57. The number of carbonyl (C=O) groups is 2. The van der Waals surface area contributed by atoms with Crippen molar-refractivity contribution in [2.75, 3.05) is 0 Å². The van der Waals surface area contributed by atoms with Crippen LogP contribution >= 0.6 is 15.9 Å². The maximum Gasteiger partial charge on any atom is 0.354 e. The fraction of sp³-hybridized carbons (Fsp3) is 0.273. The van der Waals surface area contributed by atoms with Crippen LogP contribution in [0.4, 0.5) is 0 Å². The molecule has 0 amide bonds. The standard InChI is InChI=1S/C11H11BrO4/c1-7(11(14)16-8(2)13)15-10-5-3-9(12)4-6-10/h3-7H,1-2H3. The normalized spacial score (nSPS) is 11.7. The molecule has 86 valence electrons. The molecule has 0 aliphatic heterocycles. The highest BCUT2D eigenvalue weighted by Gasteiger charge is 2.17. The molecule has 1 atom stereocenters. The maximum atomic E-state index is 11.2. The highest BCUT2D eigenvalue weighted by atomic mass is 79.9. The third kappa shape index (κ3) is 4.02. The van der Waals surface area contributed by atoms with E-state index in [1.807, 2.05) is 0 Å². The second-order valence-electron chi connectivity index (χ2n) is 3.13. The van der Waals surface area contributed by atoms with Crippen LogP contribution in [0.25, 0.3) is 0 Å². The molecule has 16 heavy (non-hydrogen) atoms. The van der Waals surface area contributed by atoms with E-state index < -0.39 is 18.0 Å². The minimum absolute atomic E-state index is 0.538. The lowest BCUT2D eigenvalue weighted by atomic mass is 10.3. The van der Waals surface area contributed by atoms with Gasteiger partial charge in [-0.05, 0) is 31.2 Å². The van der Waals surface area contributed by atoms with Crippen LogP contribution < -0.4 is 4.74 Å². The van der Waals surface area contributed by atoms with E-state index in [9.17, 15) is 9.59 Å². The maximum absolute atomic E-state index is 11.2. The molecule has 1 rings (SSSR count). The van der Waals surface area contributed by atoms with Crippen molar-refractivity contribution in [1.82, 2.24) is 0 Å². The fourth-order valence-corrected chi connectivity index (χ4v) is 1.25. The molecule has 1 unspecified atom stereocenters. The molecule has 0 aliphatic rings. The van der Waals surface area contributed by atoms with Crippen molar-refractivity contribution in [1.29, 1.82) is 0 Å². The molecule has 0 saturated carbocycles. The summed E-state index contributed by atoms with van der Waals surface area (Å²) in [6.45, 7) is 2.69. The Labute approximate surface area is 102 Å². The van der Waals surface area contributed by atoms with E-state index in [0.29, 0.717) is 5.75 Å². The number of benzene rings is 1. The number of carbonyl (C=O) groups excluding carboxylic acids is 2. The van der Waals surface area contributed by atoms with Crippen molar-refractivity contribution in [3.63, 3.8) is 0 Å². The molecule has 0 heterocycles. The van der Waals surface area contributed by atoms with Gasteiger partial charge in [-0.2, -0.15) is 0 Å². The van der Waals surface area contributed by atoms with Gasteiger partial charge in [0.25, 0.3) is 0 Å². The lowest BCUT2D eigenvalue weighted by molar-refractivity contribution is -0.162. The average molecular weight is 287 g/mol. The molecular formula is C11H11BrO4. The first-order valence-electron chi connectivity index (χ1n) is 4.63. The Morgan fingerprint density at radius 2 is 1.81 bits per heavy atom. The van der Waals surface area contributed by atoms with Gasteiger partial charge in [0.05, 0.1) is 0 Å². The molecule has 0 N–H and O–H groups in total. The van der Waals surface area contributed by atoms with Gasteiger partial charge in [-0.25, -0.2) is 4.79 Å². The minimum Gasteiger partial charge on any atom is -0.479 e. The topological polar surface area (TPSA) is 52.6 Å². The summed E-state index contributed by atoms with van der Waals surface area (Å²) in [6.07, 6.45) is -0.815. The lowest BCUT2D eigenvalue weighted by Crippen LogP contribution is -2.27. The lowest BCUT2D eigenvalue weighted by Gasteiger charge is -2.12. The molecule has 1 aromatic carbocycles. The minimum atomic E-state index is -0.815. The van der Waals surface area contributed by atoms with Crippen LogP contribution in [-0.4, -0.2) is 18.0 Å². The summed E-state index contributed by atoms with van der Waals surface area (Å²) in [6, 6.07) is 7.00. The summed E-state index contributed by atoms with van der Waals surface area (Å²) in [4.78, 5) is 21.8. The zero-order valence-corrected chi connectivity index (χ0v) is 10.5. The fourth-order valence-electron chi connectivity index (χ4n) is 0.990. The van der Waals surface area contributed by atoms with E-state index in [4.69, 9.17) is 4.74 Å². The second-order valence-corrected chi connectivity index (χ2v) is 4.04. The molecule has 0 aromatic heterocycles. The molecule has 0 saturated heterocycles. The van der Waals surface area contributed by atoms with Crippen molar-refractivity contribution in [3.8, 4) is 5.75 Å². The van der Waals surface area contributed by atoms with Gasteiger partial charge in [0, 0.05) is 11.4 Å². The van der Waals surface area contributed by atoms with Crippen LogP contribution in [0.2, 0.25) is 0 Å². The first kappa shape index (κ1) is 12.7. The van der Waals surface area contributed by atoms with E-state index >= 15 is 0 Å². The zero-order valence-electron chi connectivity index (χ0n) is 8.90. The Morgan fingerprint density at radius 1 is 1.25 bits per heavy atom. The van der Waals surface area contributed by atoms with Gasteiger partial charge < -0.3 is 9.47 Å². The zero-order chi connectivity index (χ0) is 12.1. The largest absolute Gasteiger partial charge is 0.479 e. The molecule has 0 bridgehead atoms. The number of hydrogen-bond donors (Lipinski definition) is 0. The summed E-state index contributed by atoms with van der Waals surface area (Å²) < 4.78 is 10.6. The molecule has 0 aliphatic carbocycles. The van der Waals surface area contributed by atoms with Gasteiger partial charge >= 0.3 is 11.9 Å². The molecule has 0 fully saturated rings. The van der Waals surface area contributed by atoms with Crippen molar-refractivity contribution in [2.45, 2.75) is 20.0 Å². The summed E-state index contributed by atoms with van der Waals surface area (Å²) in [5.74, 6) is -0.803. The van der Waals surface area contributed by atoms with E-state index in [1.54, 1.807) is 24.3 Å². The average Bonchev–Trinajstić information content (AvgIpc) is 2.20. The van der Waals surface area contributed by atoms with Crippen molar-refractivity contribution >= 4 is 27.9 Å². The number of hydrogen-bond acceptors (Lipinski definition) is 4. The van der Waals surface area contributed by atoms with Gasteiger partial charge in [0.2, 0.25) is 0 Å². The summed E-state index contributed by atoms with van der Waals surface area (Å²) >= 11 is 3.28. The third-order valence-electron chi connectivity index (χ3n) is 1.70. The summed E-state index contributed by atoms with van der Waals surface area (Å²) in [5, 5.41) is 0. The summed E-state index contributed by atoms with van der Waals surface area (Å²) in [5.41, 5.74) is 0. The smallest absolute Gasteiger partial charge is 0.354 e. The number of esters is 2. The first-order valence-corrected chi connectivity index (χ1v) is 5.43. The van der Waals surface area contributed by atoms with Crippen molar-refractivity contribution in [2.24, 2.45) is 0 Å². The Morgan fingerprint density at radius 3 is 2.31 bits per heavy atom. The predicted octanol–water partition coefficient (Wildman–Crippen LogP) is 2.31. The first-order chi connectivity index (χ1) is 7.49. The van der Waals surface area contributed by atoms with Gasteiger partial charge in [0.1, 0.15) is 5.75 Å². The van der Waals surface area contributed by atoms with Crippen LogP contribution in [0.5, 0.6) is 5.75 Å². The van der Waals surface area contributed by atoms with Crippen LogP contribution in [0.15, 0.2) is 28.7 Å². The van der Waals surface area contributed by atoms with Gasteiger partial charge in [-0.15, -0.1) is 0 Å². The Hall–Kier alpha value is -1.36. The van der Waals surface area contributed by atoms with Crippen LogP contribution in [0.3, 0.4) is 0 Å². The van der Waals surface area contributed by atoms with E-state index in [0.717, 1.165) is 4.47 Å². The van der Waals surface area contributed by atoms with Gasteiger partial charge in [0.15, 0.2) is 6.10 Å². The molecular weight excluding hydrogens is 276 g/mol. The van der Waals surface area contributed by atoms with Crippen molar-refractivity contribution < 1.29 is 19.1 Å². The molecule has 5 heteroatoms. The van der Waals surface area contributed by atoms with Crippen LogP contribution in [-0.2, 0) is 14.3 Å². The van der Waals surface area contributed by atoms with Crippen molar-refractivity contribution in [3.05, 3.63) is 28.7 Å². The monoisotopic (exact) mass is 286 g/mol. The molecule has 0 spiro atoms. The molecule has 1 aromatic rings. The van der Waals surface area contributed by atoms with E-state index in [1.165, 1.54) is 13.8 Å². The van der Waals surface area contributed by atoms with Gasteiger partial charge in [-0.3, -0.25) is 4.79 Å². The highest BCUT2D eigenvalue weighted by molar-refractivity contribution is 9.10. The SMILES string of the molecule is CC(=O)OC(=O)C(C)Oc1ccc(Br)cc1. The van der Waals surface area contributed by atoms with E-state index in [-0.39, 0.29) is 0 Å². The Kier molecular flexibility index (Phi) is 4.49. The van der Waals surface area contributed by atoms with Gasteiger partial charge in [-0.1, -0.05) is 15.9 Å². The second kappa shape index (κ2) is 5.65. The summed E-state index contributed by atoms with van der Waals surface area (Å²) in [7, 11) is 0. The third-order valence-corrected chi connectivity index (χ3v) is 2.23. The van der Waals surface area contributed by atoms with Crippen LogP contribution in [0, 0.1) is 0 Å². The predicted molar refractivity (Wildman–Crippen MR) is 61.0 cm³/mol. The van der Waals surface area contributed by atoms with Crippen LogP contribution in [0.1, 0.15) is 13.8 Å². The number of rotatable bonds is 3. The Bertz CT molecular complexity index is 385.